The number of fused-ring (bicyclic) bond motifs is 1. The van der Waals surface area contributed by atoms with E-state index in [1.165, 1.54) is 16.7 Å². The Bertz CT molecular complexity index is 1370. The quantitative estimate of drug-likeness (QED) is 0.506. The van der Waals surface area contributed by atoms with E-state index < -0.39 is 5.82 Å². The molecule has 1 fully saturated rings. The average Bonchev–Trinajstić information content (AvgIpc) is 3.33. The number of nitrogens with zero attached hydrogens (tertiary/aromatic N) is 6. The van der Waals surface area contributed by atoms with Crippen LogP contribution in [0.25, 0.3) is 22.3 Å². The van der Waals surface area contributed by atoms with Gasteiger partial charge in [-0.25, -0.2) is 19.3 Å². The highest BCUT2D eigenvalue weighted by atomic mass is 35.5. The summed E-state index contributed by atoms with van der Waals surface area (Å²) >= 11 is 5.94. The minimum absolute atomic E-state index is 0.124. The molecule has 1 saturated heterocycles. The van der Waals surface area contributed by atoms with Crippen molar-refractivity contribution in [2.75, 3.05) is 24.6 Å². The number of H-pyrrole nitrogens is 1. The second-order valence-electron chi connectivity index (χ2n) is 7.55. The molecule has 1 N–H and O–H groups in total. The van der Waals surface area contributed by atoms with Crippen LogP contribution >= 0.6 is 11.6 Å². The van der Waals surface area contributed by atoms with E-state index in [0.717, 1.165) is 5.56 Å². The predicted octanol–water partition coefficient (Wildman–Crippen LogP) is 2.79. The van der Waals surface area contributed by atoms with Crippen LogP contribution in [0.2, 0.25) is 5.02 Å². The summed E-state index contributed by atoms with van der Waals surface area (Å²) in [6.07, 6.45) is 3.23. The maximum Gasteiger partial charge on any atom is 0.279 e. The average molecular weight is 456 g/mol. The van der Waals surface area contributed by atoms with Gasteiger partial charge in [0.1, 0.15) is 29.0 Å². The molecule has 0 amide bonds. The smallest absolute Gasteiger partial charge is 0.279 e. The van der Waals surface area contributed by atoms with Crippen LogP contribution in [0.4, 0.5) is 10.3 Å². The molecule has 164 valence electrons. The number of nitrogens with one attached hydrogen (secondary N) is 1. The number of ether oxygens (including phenoxy) is 1. The number of rotatable bonds is 3. The summed E-state index contributed by atoms with van der Waals surface area (Å²) in [5.74, 6) is 0.226. The number of benzene rings is 1. The van der Waals surface area contributed by atoms with Gasteiger partial charge in [0.25, 0.3) is 5.56 Å². The van der Waals surface area contributed by atoms with Gasteiger partial charge >= 0.3 is 0 Å². The molecule has 4 heterocycles. The first kappa shape index (κ1) is 20.5. The third-order valence-electron chi connectivity index (χ3n) is 5.57. The molecular weight excluding hydrogens is 437 g/mol. The third kappa shape index (κ3) is 3.51. The van der Waals surface area contributed by atoms with Gasteiger partial charge in [-0.2, -0.15) is 5.10 Å². The number of hydrogen-bond acceptors (Lipinski definition) is 7. The topological polar surface area (TPSA) is 102 Å². The standard InChI is InChI=1S/C21H19ClFN7O2/c1-11-26-18-17(14-4-3-13(22)7-15(14)23)27-21(28-19(18)20(31)29(11)2)30-5-6-32-16(10-30)12-8-24-25-9-12/h3-4,7-9,16H,5-6,10H2,1-2H3,(H,24,25)/t16-/m0/s1. The van der Waals surface area contributed by atoms with Gasteiger partial charge in [-0.05, 0) is 25.1 Å². The monoisotopic (exact) mass is 455 g/mol. The summed E-state index contributed by atoms with van der Waals surface area (Å²) in [4.78, 5) is 28.6. The molecule has 0 bridgehead atoms. The summed E-state index contributed by atoms with van der Waals surface area (Å²) in [6, 6.07) is 4.32. The number of aromatic amines is 1. The lowest BCUT2D eigenvalue weighted by molar-refractivity contribution is 0.0393. The Labute approximate surface area is 186 Å². The molecule has 5 rings (SSSR count). The number of aromatic nitrogens is 6. The van der Waals surface area contributed by atoms with E-state index in [1.807, 2.05) is 4.90 Å². The van der Waals surface area contributed by atoms with E-state index in [2.05, 4.69) is 25.1 Å². The summed E-state index contributed by atoms with van der Waals surface area (Å²) in [5.41, 5.74) is 1.38. The first-order valence-corrected chi connectivity index (χ1v) is 10.4. The van der Waals surface area contributed by atoms with Gasteiger partial charge in [-0.15, -0.1) is 0 Å². The van der Waals surface area contributed by atoms with Gasteiger partial charge in [0, 0.05) is 35.9 Å². The molecule has 1 aromatic carbocycles. The van der Waals surface area contributed by atoms with Gasteiger partial charge in [0.05, 0.1) is 19.3 Å². The van der Waals surface area contributed by atoms with Gasteiger partial charge < -0.3 is 9.64 Å². The molecule has 1 aliphatic rings. The fraction of sp³-hybridized carbons (Fsp3) is 0.286. The van der Waals surface area contributed by atoms with Crippen molar-refractivity contribution in [3.05, 3.63) is 63.2 Å². The van der Waals surface area contributed by atoms with Crippen molar-refractivity contribution in [3.8, 4) is 11.3 Å². The first-order valence-electron chi connectivity index (χ1n) is 9.98. The minimum atomic E-state index is -0.554. The summed E-state index contributed by atoms with van der Waals surface area (Å²) in [7, 11) is 1.62. The van der Waals surface area contributed by atoms with Gasteiger partial charge in [-0.3, -0.25) is 14.5 Å². The fourth-order valence-corrected chi connectivity index (χ4v) is 3.88. The second-order valence-corrected chi connectivity index (χ2v) is 7.99. The van der Waals surface area contributed by atoms with Crippen molar-refractivity contribution in [2.45, 2.75) is 13.0 Å². The number of anilines is 1. The van der Waals surface area contributed by atoms with Crippen LogP contribution < -0.4 is 10.5 Å². The molecule has 1 atom stereocenters. The predicted molar refractivity (Wildman–Crippen MR) is 117 cm³/mol. The highest BCUT2D eigenvalue weighted by molar-refractivity contribution is 6.30. The molecule has 0 radical (unpaired) electrons. The van der Waals surface area contributed by atoms with E-state index >= 15 is 0 Å². The Morgan fingerprint density at radius 3 is 2.84 bits per heavy atom. The Balaban J connectivity index is 1.69. The summed E-state index contributed by atoms with van der Waals surface area (Å²) in [6.45, 7) is 3.11. The van der Waals surface area contributed by atoms with Crippen LogP contribution in [0.1, 0.15) is 17.5 Å². The van der Waals surface area contributed by atoms with Crippen molar-refractivity contribution in [3.63, 3.8) is 0 Å². The molecule has 1 aliphatic heterocycles. The molecule has 9 nitrogen and oxygen atoms in total. The van der Waals surface area contributed by atoms with Crippen LogP contribution in [0.5, 0.6) is 0 Å². The Hall–Kier alpha value is -3.37. The molecule has 32 heavy (non-hydrogen) atoms. The van der Waals surface area contributed by atoms with Crippen molar-refractivity contribution < 1.29 is 9.13 Å². The maximum atomic E-state index is 14.9. The van der Waals surface area contributed by atoms with Crippen molar-refractivity contribution in [2.24, 2.45) is 7.05 Å². The summed E-state index contributed by atoms with van der Waals surface area (Å²) in [5, 5.41) is 7.02. The third-order valence-corrected chi connectivity index (χ3v) is 5.80. The van der Waals surface area contributed by atoms with Gasteiger partial charge in [-0.1, -0.05) is 11.6 Å². The number of halogens is 2. The Morgan fingerprint density at radius 1 is 1.25 bits per heavy atom. The van der Waals surface area contributed by atoms with Crippen molar-refractivity contribution in [1.29, 1.82) is 0 Å². The van der Waals surface area contributed by atoms with Crippen LogP contribution in [-0.2, 0) is 11.8 Å². The van der Waals surface area contributed by atoms with Crippen molar-refractivity contribution in [1.82, 2.24) is 29.7 Å². The highest BCUT2D eigenvalue weighted by Crippen LogP contribution is 2.31. The molecule has 0 saturated carbocycles. The molecule has 4 aromatic rings. The molecule has 0 spiro atoms. The van der Waals surface area contributed by atoms with E-state index in [1.54, 1.807) is 32.4 Å². The molecule has 0 aliphatic carbocycles. The normalized spacial score (nSPS) is 16.6. The maximum absolute atomic E-state index is 14.9. The lowest BCUT2D eigenvalue weighted by Crippen LogP contribution is -2.39. The zero-order chi connectivity index (χ0) is 22.4. The minimum Gasteiger partial charge on any atom is -0.370 e. The molecule has 3 aromatic heterocycles. The lowest BCUT2D eigenvalue weighted by Gasteiger charge is -2.32. The fourth-order valence-electron chi connectivity index (χ4n) is 3.72. The second kappa shape index (κ2) is 7.95. The zero-order valence-electron chi connectivity index (χ0n) is 17.3. The van der Waals surface area contributed by atoms with Crippen molar-refractivity contribution >= 4 is 28.6 Å². The molecule has 0 unspecified atom stereocenters. The van der Waals surface area contributed by atoms with E-state index in [-0.39, 0.29) is 39.0 Å². The van der Waals surface area contributed by atoms with Crippen LogP contribution in [0.3, 0.4) is 0 Å². The Kier molecular flexibility index (Phi) is 5.10. The first-order chi connectivity index (χ1) is 15.4. The SMILES string of the molecule is Cc1nc2c(-c3ccc(Cl)cc3F)nc(N3CCO[C@H](c4cn[nH]c4)C3)nc2c(=O)n1C. The number of morpholine rings is 1. The van der Waals surface area contributed by atoms with E-state index in [0.29, 0.717) is 31.5 Å². The van der Waals surface area contributed by atoms with Crippen LogP contribution in [0, 0.1) is 12.7 Å². The lowest BCUT2D eigenvalue weighted by atomic mass is 10.1. The zero-order valence-corrected chi connectivity index (χ0v) is 18.1. The Morgan fingerprint density at radius 2 is 2.09 bits per heavy atom. The van der Waals surface area contributed by atoms with E-state index in [4.69, 9.17) is 16.3 Å². The largest absolute Gasteiger partial charge is 0.370 e. The van der Waals surface area contributed by atoms with Crippen LogP contribution in [-0.4, -0.2) is 49.4 Å². The van der Waals surface area contributed by atoms with Gasteiger partial charge in [0.2, 0.25) is 5.95 Å². The number of aryl methyl sites for hydroxylation is 1. The van der Waals surface area contributed by atoms with Crippen LogP contribution in [0.15, 0.2) is 35.4 Å². The van der Waals surface area contributed by atoms with Gasteiger partial charge in [0.15, 0.2) is 5.52 Å². The summed E-state index contributed by atoms with van der Waals surface area (Å²) < 4.78 is 22.1. The molecule has 11 heteroatoms. The van der Waals surface area contributed by atoms with E-state index in [9.17, 15) is 9.18 Å². The number of hydrogen-bond donors (Lipinski definition) is 1. The highest BCUT2D eigenvalue weighted by Gasteiger charge is 2.27. The molecular formula is C21H19ClFN7O2.